The van der Waals surface area contributed by atoms with Crippen LogP contribution in [0.3, 0.4) is 0 Å². The van der Waals surface area contributed by atoms with E-state index in [0.717, 1.165) is 5.56 Å². The highest BCUT2D eigenvalue weighted by Gasteiger charge is 2.22. The third-order valence-electron chi connectivity index (χ3n) is 3.07. The summed E-state index contributed by atoms with van der Waals surface area (Å²) in [5.74, 6) is -0.127. The van der Waals surface area contributed by atoms with E-state index in [-0.39, 0.29) is 17.2 Å². The van der Waals surface area contributed by atoms with E-state index in [9.17, 15) is 4.79 Å². The number of thiazole rings is 1. The topological polar surface area (TPSA) is 56.0 Å². The molecule has 0 saturated heterocycles. The number of carbonyl (C=O) groups excluding carboxylic acids is 1. The van der Waals surface area contributed by atoms with Crippen molar-refractivity contribution in [1.29, 1.82) is 0 Å². The molecule has 0 bridgehead atoms. The molecule has 0 saturated carbocycles. The quantitative estimate of drug-likeness (QED) is 0.682. The van der Waals surface area contributed by atoms with E-state index < -0.39 is 0 Å². The number of carbonyl (C=O) groups is 1. The molecular formula is C16H10Cl2N2OS. The summed E-state index contributed by atoms with van der Waals surface area (Å²) in [5, 5.41) is 1.28. The summed E-state index contributed by atoms with van der Waals surface area (Å²) in [6, 6.07) is 14.5. The van der Waals surface area contributed by atoms with Crippen LogP contribution in [0.1, 0.15) is 15.2 Å². The van der Waals surface area contributed by atoms with Crippen LogP contribution < -0.4 is 5.73 Å². The molecule has 0 atom stereocenters. The van der Waals surface area contributed by atoms with Crippen LogP contribution in [0.5, 0.6) is 0 Å². The maximum absolute atomic E-state index is 12.7. The molecular weight excluding hydrogens is 339 g/mol. The molecule has 2 aromatic carbocycles. The first-order chi connectivity index (χ1) is 10.6. The zero-order valence-electron chi connectivity index (χ0n) is 11.2. The van der Waals surface area contributed by atoms with E-state index in [1.165, 1.54) is 11.3 Å². The summed E-state index contributed by atoms with van der Waals surface area (Å²) in [7, 11) is 0. The monoisotopic (exact) mass is 348 g/mol. The average molecular weight is 349 g/mol. The number of anilines is 1. The molecule has 0 aliphatic rings. The van der Waals surface area contributed by atoms with E-state index >= 15 is 0 Å². The lowest BCUT2D eigenvalue weighted by atomic mass is 10.1. The molecule has 0 spiro atoms. The number of rotatable bonds is 3. The summed E-state index contributed by atoms with van der Waals surface area (Å²) < 4.78 is 0. The van der Waals surface area contributed by atoms with Gasteiger partial charge in [0.05, 0.1) is 15.6 Å². The van der Waals surface area contributed by atoms with Gasteiger partial charge in [-0.3, -0.25) is 4.79 Å². The minimum atomic E-state index is -0.312. The van der Waals surface area contributed by atoms with Crippen LogP contribution >= 0.6 is 34.5 Å². The number of aromatic nitrogens is 1. The Morgan fingerprint density at radius 1 is 1.00 bits per heavy atom. The second-order valence-corrected chi connectivity index (χ2v) is 6.34. The zero-order chi connectivity index (χ0) is 15.7. The maximum atomic E-state index is 12.7. The van der Waals surface area contributed by atoms with Gasteiger partial charge in [-0.05, 0) is 12.1 Å². The second-order valence-electron chi connectivity index (χ2n) is 4.53. The summed E-state index contributed by atoms with van der Waals surface area (Å²) in [5.41, 5.74) is 7.07. The summed E-state index contributed by atoms with van der Waals surface area (Å²) in [6.07, 6.45) is 0. The number of halogens is 2. The number of nitrogens with two attached hydrogens (primary N) is 1. The Kier molecular flexibility index (Phi) is 4.16. The van der Waals surface area contributed by atoms with Crippen molar-refractivity contribution in [3.05, 3.63) is 69.0 Å². The predicted molar refractivity (Wildman–Crippen MR) is 91.9 cm³/mol. The third-order valence-corrected chi connectivity index (χ3v) is 4.82. The van der Waals surface area contributed by atoms with Crippen molar-refractivity contribution in [1.82, 2.24) is 4.98 Å². The number of nitrogens with zero attached hydrogens (tertiary/aromatic N) is 1. The lowest BCUT2D eigenvalue weighted by Crippen LogP contribution is -2.04. The van der Waals surface area contributed by atoms with E-state index in [0.29, 0.717) is 19.9 Å². The fourth-order valence-electron chi connectivity index (χ4n) is 2.03. The summed E-state index contributed by atoms with van der Waals surface area (Å²) in [6.45, 7) is 0. The van der Waals surface area contributed by atoms with Crippen molar-refractivity contribution in [2.75, 3.05) is 5.73 Å². The van der Waals surface area contributed by atoms with Crippen LogP contribution in [0.4, 0.5) is 5.82 Å². The van der Waals surface area contributed by atoms with E-state index in [1.807, 2.05) is 30.3 Å². The van der Waals surface area contributed by atoms with Gasteiger partial charge in [-0.15, -0.1) is 11.3 Å². The molecule has 0 radical (unpaired) electrons. The highest BCUT2D eigenvalue weighted by molar-refractivity contribution is 7.17. The van der Waals surface area contributed by atoms with Crippen molar-refractivity contribution in [2.45, 2.75) is 0 Å². The molecule has 3 nitrogen and oxygen atoms in total. The van der Waals surface area contributed by atoms with Crippen molar-refractivity contribution in [3.63, 3.8) is 0 Å². The van der Waals surface area contributed by atoms with E-state index in [1.54, 1.807) is 18.2 Å². The number of ketones is 1. The number of hydrogen-bond acceptors (Lipinski definition) is 4. The van der Waals surface area contributed by atoms with Crippen molar-refractivity contribution in [3.8, 4) is 10.6 Å². The molecule has 0 amide bonds. The Bertz CT molecular complexity index is 826. The number of benzene rings is 2. The minimum Gasteiger partial charge on any atom is -0.382 e. The summed E-state index contributed by atoms with van der Waals surface area (Å²) >= 11 is 13.4. The van der Waals surface area contributed by atoms with Gasteiger partial charge < -0.3 is 5.73 Å². The standard InChI is InChI=1S/C16H10Cl2N2OS/c17-10-7-4-8-11(18)12(10)13(21)14-15(19)20-16(22-14)9-5-2-1-3-6-9/h1-8H,19H2. The number of nitrogen functional groups attached to an aromatic ring is 1. The van der Waals surface area contributed by atoms with Gasteiger partial charge >= 0.3 is 0 Å². The van der Waals surface area contributed by atoms with Crippen LogP contribution in [0, 0.1) is 0 Å². The zero-order valence-corrected chi connectivity index (χ0v) is 13.5. The first-order valence-corrected chi connectivity index (χ1v) is 7.95. The molecule has 2 N–H and O–H groups in total. The van der Waals surface area contributed by atoms with Crippen molar-refractivity contribution < 1.29 is 4.79 Å². The van der Waals surface area contributed by atoms with Gasteiger partial charge in [0, 0.05) is 5.56 Å². The first-order valence-electron chi connectivity index (χ1n) is 6.38. The van der Waals surface area contributed by atoms with Crippen LogP contribution in [-0.2, 0) is 0 Å². The van der Waals surface area contributed by atoms with Crippen LogP contribution in [-0.4, -0.2) is 10.8 Å². The van der Waals surface area contributed by atoms with Gasteiger partial charge in [-0.25, -0.2) is 4.98 Å². The Hall–Kier alpha value is -1.88. The SMILES string of the molecule is Nc1nc(-c2ccccc2)sc1C(=O)c1c(Cl)cccc1Cl. The molecule has 3 aromatic rings. The Labute approximate surface area is 141 Å². The molecule has 0 unspecified atom stereocenters. The highest BCUT2D eigenvalue weighted by Crippen LogP contribution is 2.34. The smallest absolute Gasteiger partial charge is 0.209 e. The fourth-order valence-corrected chi connectivity index (χ4v) is 3.53. The molecule has 1 aromatic heterocycles. The highest BCUT2D eigenvalue weighted by atomic mass is 35.5. The van der Waals surface area contributed by atoms with Crippen molar-refractivity contribution >= 4 is 46.1 Å². The third kappa shape index (κ3) is 2.73. The molecule has 22 heavy (non-hydrogen) atoms. The Morgan fingerprint density at radius 3 is 2.27 bits per heavy atom. The number of hydrogen-bond donors (Lipinski definition) is 1. The molecule has 1 heterocycles. The van der Waals surface area contributed by atoms with E-state index in [2.05, 4.69) is 4.98 Å². The van der Waals surface area contributed by atoms with Gasteiger partial charge in [0.2, 0.25) is 5.78 Å². The van der Waals surface area contributed by atoms with Gasteiger partial charge in [-0.1, -0.05) is 59.6 Å². The van der Waals surface area contributed by atoms with Gasteiger partial charge in [0.25, 0.3) is 0 Å². The molecule has 6 heteroatoms. The van der Waals surface area contributed by atoms with Crippen LogP contribution in [0.2, 0.25) is 10.0 Å². The fraction of sp³-hybridized carbons (Fsp3) is 0. The minimum absolute atomic E-state index is 0.185. The lowest BCUT2D eigenvalue weighted by molar-refractivity contribution is 0.104. The molecule has 3 rings (SSSR count). The Balaban J connectivity index is 2.06. The lowest BCUT2D eigenvalue weighted by Gasteiger charge is -2.04. The van der Waals surface area contributed by atoms with Gasteiger partial charge in [-0.2, -0.15) is 0 Å². The Morgan fingerprint density at radius 2 is 1.64 bits per heavy atom. The van der Waals surface area contributed by atoms with Crippen LogP contribution in [0.15, 0.2) is 48.5 Å². The largest absolute Gasteiger partial charge is 0.382 e. The van der Waals surface area contributed by atoms with Crippen molar-refractivity contribution in [2.24, 2.45) is 0 Å². The normalized spacial score (nSPS) is 10.6. The van der Waals surface area contributed by atoms with E-state index in [4.69, 9.17) is 28.9 Å². The molecule has 0 aliphatic carbocycles. The molecule has 0 aliphatic heterocycles. The molecule has 0 fully saturated rings. The average Bonchev–Trinajstić information content (AvgIpc) is 2.90. The predicted octanol–water partition coefficient (Wildman–Crippen LogP) is 4.93. The molecule has 110 valence electrons. The van der Waals surface area contributed by atoms with Crippen LogP contribution in [0.25, 0.3) is 10.6 Å². The van der Waals surface area contributed by atoms with Gasteiger partial charge in [0.1, 0.15) is 15.7 Å². The van der Waals surface area contributed by atoms with Gasteiger partial charge in [0.15, 0.2) is 0 Å². The summed E-state index contributed by atoms with van der Waals surface area (Å²) in [4.78, 5) is 17.3. The second kappa shape index (κ2) is 6.08. The maximum Gasteiger partial charge on any atom is 0.209 e. The first kappa shape index (κ1) is 15.0.